The fourth-order valence-electron chi connectivity index (χ4n) is 2.38. The minimum absolute atomic E-state index is 0.907. The minimum Gasteiger partial charge on any atom is -0.463 e. The van der Waals surface area contributed by atoms with Crippen LogP contribution in [0.2, 0.25) is 0 Å². The molecule has 4 heteroatoms. The van der Waals surface area contributed by atoms with Crippen LogP contribution in [0.3, 0.4) is 0 Å². The van der Waals surface area contributed by atoms with Crippen LogP contribution in [0.4, 0.5) is 5.82 Å². The van der Waals surface area contributed by atoms with Crippen molar-refractivity contribution >= 4 is 27.7 Å². The summed E-state index contributed by atoms with van der Waals surface area (Å²) in [5.74, 6) is 0.909. The van der Waals surface area contributed by atoms with Crippen LogP contribution in [-0.4, -0.2) is 37.1 Å². The van der Waals surface area contributed by atoms with Gasteiger partial charge in [0, 0.05) is 11.9 Å². The van der Waals surface area contributed by atoms with Gasteiger partial charge in [-0.2, -0.15) is 0 Å². The molecule has 2 heterocycles. The fourth-order valence-corrected chi connectivity index (χ4v) is 2.38. The van der Waals surface area contributed by atoms with E-state index < -0.39 is 0 Å². The molecule has 0 bridgehead atoms. The van der Waals surface area contributed by atoms with E-state index in [2.05, 4.69) is 24.3 Å². The number of fused-ring (bicyclic) bond motifs is 3. The number of hydrogen-bond donors (Lipinski definition) is 1. The molecule has 20 heavy (non-hydrogen) atoms. The first-order chi connectivity index (χ1) is 9.75. The fraction of sp³-hybridized carbons (Fsp3) is 0.312. The number of nitrogens with one attached hydrogen (secondary N) is 1. The van der Waals surface area contributed by atoms with Crippen molar-refractivity contribution < 1.29 is 4.42 Å². The molecule has 4 nitrogen and oxygen atoms in total. The summed E-state index contributed by atoms with van der Waals surface area (Å²) in [4.78, 5) is 6.89. The Hall–Kier alpha value is -2.07. The molecule has 0 aliphatic heterocycles. The van der Waals surface area contributed by atoms with E-state index in [1.807, 2.05) is 30.3 Å². The summed E-state index contributed by atoms with van der Waals surface area (Å²) < 4.78 is 5.63. The molecule has 1 N–H and O–H groups in total. The molecule has 0 unspecified atom stereocenters. The predicted octanol–water partition coefficient (Wildman–Crippen LogP) is 3.34. The van der Waals surface area contributed by atoms with Gasteiger partial charge >= 0.3 is 0 Å². The lowest BCUT2D eigenvalue weighted by Crippen LogP contribution is -2.16. The van der Waals surface area contributed by atoms with Crippen LogP contribution < -0.4 is 5.32 Å². The molecule has 0 spiro atoms. The van der Waals surface area contributed by atoms with Crippen molar-refractivity contribution in [2.24, 2.45) is 0 Å². The minimum atomic E-state index is 0.907. The third-order valence-corrected chi connectivity index (χ3v) is 3.38. The number of aromatic nitrogens is 1. The number of nitrogens with zero attached hydrogens (tertiary/aromatic N) is 2. The molecular formula is C16H19N3O. The Balaban J connectivity index is 1.90. The van der Waals surface area contributed by atoms with Crippen LogP contribution in [0, 0.1) is 0 Å². The van der Waals surface area contributed by atoms with Gasteiger partial charge in [-0.25, -0.2) is 4.98 Å². The van der Waals surface area contributed by atoms with E-state index in [-0.39, 0.29) is 0 Å². The Morgan fingerprint density at radius 2 is 2.00 bits per heavy atom. The summed E-state index contributed by atoms with van der Waals surface area (Å²) in [6, 6.07) is 10.0. The van der Waals surface area contributed by atoms with Crippen LogP contribution in [0.25, 0.3) is 21.9 Å². The van der Waals surface area contributed by atoms with Gasteiger partial charge in [0.2, 0.25) is 0 Å². The number of furan rings is 1. The third-order valence-electron chi connectivity index (χ3n) is 3.38. The Morgan fingerprint density at radius 1 is 1.15 bits per heavy atom. The first-order valence-electron chi connectivity index (χ1n) is 6.90. The van der Waals surface area contributed by atoms with Gasteiger partial charge < -0.3 is 14.6 Å². The second-order valence-electron chi connectivity index (χ2n) is 5.22. The summed E-state index contributed by atoms with van der Waals surface area (Å²) in [7, 11) is 4.17. The summed E-state index contributed by atoms with van der Waals surface area (Å²) in [5, 5.41) is 5.53. The molecule has 3 aromatic rings. The van der Waals surface area contributed by atoms with Gasteiger partial charge in [0.15, 0.2) is 0 Å². The molecule has 3 rings (SSSR count). The van der Waals surface area contributed by atoms with Gasteiger partial charge in [0.05, 0.1) is 17.2 Å². The Morgan fingerprint density at radius 3 is 2.85 bits per heavy atom. The van der Waals surface area contributed by atoms with Gasteiger partial charge in [0.25, 0.3) is 0 Å². The van der Waals surface area contributed by atoms with Crippen molar-refractivity contribution in [3.63, 3.8) is 0 Å². The lowest BCUT2D eigenvalue weighted by Gasteiger charge is -2.11. The number of pyridine rings is 1. The van der Waals surface area contributed by atoms with Crippen LogP contribution in [0.5, 0.6) is 0 Å². The molecule has 0 aliphatic rings. The average Bonchev–Trinajstić information content (AvgIpc) is 2.93. The first kappa shape index (κ1) is 12.9. The smallest absolute Gasteiger partial charge is 0.146 e. The summed E-state index contributed by atoms with van der Waals surface area (Å²) in [6.07, 6.45) is 2.81. The molecule has 0 saturated heterocycles. The van der Waals surface area contributed by atoms with E-state index >= 15 is 0 Å². The van der Waals surface area contributed by atoms with E-state index in [1.165, 1.54) is 0 Å². The Labute approximate surface area is 118 Å². The monoisotopic (exact) mass is 269 g/mol. The standard InChI is InChI=1S/C16H19N3O/c1-19(2)10-5-9-17-16-13-8-11-20-15(13)12-6-3-4-7-14(12)18-16/h3-4,6-8,11H,5,9-10H2,1-2H3,(H,17,18). The average molecular weight is 269 g/mol. The van der Waals surface area contributed by atoms with Crippen molar-refractivity contribution in [2.45, 2.75) is 6.42 Å². The largest absolute Gasteiger partial charge is 0.463 e. The molecule has 0 atom stereocenters. The van der Waals surface area contributed by atoms with E-state index in [9.17, 15) is 0 Å². The zero-order valence-electron chi connectivity index (χ0n) is 11.9. The van der Waals surface area contributed by atoms with Crippen molar-refractivity contribution in [1.82, 2.24) is 9.88 Å². The molecule has 2 aromatic heterocycles. The normalized spacial score (nSPS) is 11.6. The molecule has 104 valence electrons. The highest BCUT2D eigenvalue weighted by Gasteiger charge is 2.10. The third kappa shape index (κ3) is 2.47. The molecule has 0 fully saturated rings. The number of hydrogen-bond acceptors (Lipinski definition) is 4. The number of para-hydroxylation sites is 1. The maximum Gasteiger partial charge on any atom is 0.146 e. The molecule has 1 aromatic carbocycles. The Kier molecular flexibility index (Phi) is 3.56. The SMILES string of the molecule is CN(C)CCCNc1nc2ccccc2c2occc12. The van der Waals surface area contributed by atoms with Gasteiger partial charge in [-0.1, -0.05) is 12.1 Å². The lowest BCUT2D eigenvalue weighted by atomic mass is 10.1. The van der Waals surface area contributed by atoms with Crippen LogP contribution in [0.1, 0.15) is 6.42 Å². The Bertz CT molecular complexity index is 718. The highest BCUT2D eigenvalue weighted by atomic mass is 16.3. The van der Waals surface area contributed by atoms with Gasteiger partial charge in [0.1, 0.15) is 11.4 Å². The number of rotatable bonds is 5. The van der Waals surface area contributed by atoms with Crippen molar-refractivity contribution in [1.29, 1.82) is 0 Å². The topological polar surface area (TPSA) is 41.3 Å². The summed E-state index contributed by atoms with van der Waals surface area (Å²) in [5.41, 5.74) is 1.87. The highest BCUT2D eigenvalue weighted by molar-refractivity contribution is 6.06. The lowest BCUT2D eigenvalue weighted by molar-refractivity contribution is 0.405. The van der Waals surface area contributed by atoms with Crippen LogP contribution in [-0.2, 0) is 0 Å². The van der Waals surface area contributed by atoms with Crippen LogP contribution >= 0.6 is 0 Å². The number of benzene rings is 1. The molecule has 0 amide bonds. The van der Waals surface area contributed by atoms with Gasteiger partial charge in [-0.3, -0.25) is 0 Å². The molecule has 0 radical (unpaired) electrons. The molecule has 0 saturated carbocycles. The highest BCUT2D eigenvalue weighted by Crippen LogP contribution is 2.29. The predicted molar refractivity (Wildman–Crippen MR) is 83.2 cm³/mol. The van der Waals surface area contributed by atoms with E-state index in [4.69, 9.17) is 9.40 Å². The van der Waals surface area contributed by atoms with E-state index in [1.54, 1.807) is 6.26 Å². The van der Waals surface area contributed by atoms with Crippen LogP contribution in [0.15, 0.2) is 41.0 Å². The quantitative estimate of drug-likeness (QED) is 0.721. The van der Waals surface area contributed by atoms with E-state index in [0.29, 0.717) is 0 Å². The summed E-state index contributed by atoms with van der Waals surface area (Å²) in [6.45, 7) is 1.97. The molecular weight excluding hydrogens is 250 g/mol. The van der Waals surface area contributed by atoms with Crippen molar-refractivity contribution in [3.05, 3.63) is 36.6 Å². The van der Waals surface area contributed by atoms with Crippen molar-refractivity contribution in [3.8, 4) is 0 Å². The second kappa shape index (κ2) is 5.51. The second-order valence-corrected chi connectivity index (χ2v) is 5.22. The first-order valence-corrected chi connectivity index (χ1v) is 6.90. The van der Waals surface area contributed by atoms with Crippen molar-refractivity contribution in [2.75, 3.05) is 32.5 Å². The van der Waals surface area contributed by atoms with E-state index in [0.717, 1.165) is 47.2 Å². The number of anilines is 1. The zero-order valence-corrected chi connectivity index (χ0v) is 11.9. The summed E-state index contributed by atoms with van der Waals surface area (Å²) >= 11 is 0. The maximum atomic E-state index is 5.63. The van der Waals surface area contributed by atoms with Gasteiger partial charge in [-0.05, 0) is 45.3 Å². The van der Waals surface area contributed by atoms with Gasteiger partial charge in [-0.15, -0.1) is 0 Å². The zero-order chi connectivity index (χ0) is 13.9. The maximum absolute atomic E-state index is 5.63. The molecule has 0 aliphatic carbocycles.